The largest absolute Gasteiger partial charge is 0.354 e. The van der Waals surface area contributed by atoms with Crippen LogP contribution in [0.4, 0.5) is 0 Å². The lowest BCUT2D eigenvalue weighted by molar-refractivity contribution is -0.134. The summed E-state index contributed by atoms with van der Waals surface area (Å²) >= 11 is 1.55. The fourth-order valence-electron chi connectivity index (χ4n) is 3.77. The van der Waals surface area contributed by atoms with Crippen LogP contribution in [0.15, 0.2) is 29.6 Å². The molecule has 1 heterocycles. The molecule has 2 amide bonds. The molecule has 2 N–H and O–H groups in total. The molecule has 1 fully saturated rings. The molecule has 1 saturated carbocycles. The van der Waals surface area contributed by atoms with E-state index in [1.807, 2.05) is 12.3 Å². The predicted molar refractivity (Wildman–Crippen MR) is 113 cm³/mol. The van der Waals surface area contributed by atoms with Crippen molar-refractivity contribution >= 4 is 23.2 Å². The Labute approximate surface area is 171 Å². The van der Waals surface area contributed by atoms with Crippen LogP contribution in [0.25, 0.3) is 10.6 Å². The summed E-state index contributed by atoms with van der Waals surface area (Å²) in [5, 5.41) is 8.79. The van der Waals surface area contributed by atoms with Gasteiger partial charge in [0, 0.05) is 17.5 Å². The predicted octanol–water partition coefficient (Wildman–Crippen LogP) is 3.87. The van der Waals surface area contributed by atoms with Gasteiger partial charge in [-0.25, -0.2) is 4.98 Å². The molecule has 2 aromatic rings. The number of aryl methyl sites for hydroxylation is 1. The first-order valence-electron chi connectivity index (χ1n) is 10.2. The van der Waals surface area contributed by atoms with Gasteiger partial charge in [-0.2, -0.15) is 0 Å². The average Bonchev–Trinajstić information content (AvgIpc) is 3.17. The maximum absolute atomic E-state index is 12.7. The first kappa shape index (κ1) is 20.5. The van der Waals surface area contributed by atoms with Crippen LogP contribution in [0.2, 0.25) is 0 Å². The number of carbonyl (C=O) groups excluding carboxylic acids is 2. The van der Waals surface area contributed by atoms with E-state index in [1.165, 1.54) is 5.56 Å². The summed E-state index contributed by atoms with van der Waals surface area (Å²) in [6.07, 6.45) is 5.66. The van der Waals surface area contributed by atoms with E-state index in [0.29, 0.717) is 19.4 Å². The summed E-state index contributed by atoms with van der Waals surface area (Å²) in [5.41, 5.74) is 2.35. The van der Waals surface area contributed by atoms with Crippen molar-refractivity contribution in [1.82, 2.24) is 15.6 Å². The van der Waals surface area contributed by atoms with Gasteiger partial charge in [0.05, 0.1) is 12.1 Å². The second-order valence-electron chi connectivity index (χ2n) is 7.42. The minimum atomic E-state index is -0.764. The maximum atomic E-state index is 12.7. The molecule has 0 saturated heterocycles. The number of carbonyl (C=O) groups is 2. The molecule has 0 aliphatic heterocycles. The van der Waals surface area contributed by atoms with Crippen molar-refractivity contribution in [2.45, 2.75) is 64.3 Å². The number of likely N-dealkylation sites (N-methyl/N-ethyl adjacent to an activating group) is 1. The molecule has 28 heavy (non-hydrogen) atoms. The number of hydrogen-bond donors (Lipinski definition) is 2. The van der Waals surface area contributed by atoms with Crippen LogP contribution in [0, 0.1) is 0 Å². The third-order valence-corrected chi connectivity index (χ3v) is 6.30. The highest BCUT2D eigenvalue weighted by molar-refractivity contribution is 7.13. The van der Waals surface area contributed by atoms with Crippen molar-refractivity contribution in [2.24, 2.45) is 0 Å². The summed E-state index contributed by atoms with van der Waals surface area (Å²) in [5.74, 6) is -0.190. The first-order chi connectivity index (χ1) is 13.6. The molecule has 1 aliphatic carbocycles. The maximum Gasteiger partial charge on any atom is 0.245 e. The summed E-state index contributed by atoms with van der Waals surface area (Å²) < 4.78 is 0. The van der Waals surface area contributed by atoms with E-state index in [4.69, 9.17) is 0 Å². The number of amides is 2. The molecule has 1 aromatic carbocycles. The zero-order chi connectivity index (χ0) is 20.0. The third-order valence-electron chi connectivity index (χ3n) is 5.36. The highest BCUT2D eigenvalue weighted by Gasteiger charge is 2.40. The number of nitrogens with zero attached hydrogens (tertiary/aromatic N) is 1. The molecule has 0 unspecified atom stereocenters. The summed E-state index contributed by atoms with van der Waals surface area (Å²) in [6.45, 7) is 4.61. The Morgan fingerprint density at radius 1 is 1.11 bits per heavy atom. The first-order valence-corrected chi connectivity index (χ1v) is 11.1. The molecule has 6 heteroatoms. The third kappa shape index (κ3) is 4.79. The van der Waals surface area contributed by atoms with Gasteiger partial charge in [0.15, 0.2) is 0 Å². The SMILES string of the molecule is CCNC(=O)C1(NC(=O)Cc2csc(-c3ccc(CC)cc3)n2)CCCCC1. The van der Waals surface area contributed by atoms with Gasteiger partial charge in [-0.3, -0.25) is 9.59 Å². The van der Waals surface area contributed by atoms with Crippen LogP contribution < -0.4 is 10.6 Å². The van der Waals surface area contributed by atoms with Crippen molar-refractivity contribution < 1.29 is 9.59 Å². The highest BCUT2D eigenvalue weighted by Crippen LogP contribution is 2.29. The van der Waals surface area contributed by atoms with Crippen LogP contribution in [0.1, 0.15) is 57.2 Å². The molecular weight excluding hydrogens is 370 g/mol. The number of hydrogen-bond acceptors (Lipinski definition) is 4. The Hall–Kier alpha value is -2.21. The molecule has 0 spiro atoms. The summed E-state index contributed by atoms with van der Waals surface area (Å²) in [4.78, 5) is 29.9. The van der Waals surface area contributed by atoms with E-state index in [0.717, 1.165) is 41.9 Å². The fourth-order valence-corrected chi connectivity index (χ4v) is 4.60. The lowest BCUT2D eigenvalue weighted by Gasteiger charge is -2.36. The lowest BCUT2D eigenvalue weighted by atomic mass is 9.80. The van der Waals surface area contributed by atoms with E-state index in [-0.39, 0.29) is 18.2 Å². The lowest BCUT2D eigenvalue weighted by Crippen LogP contribution is -2.60. The monoisotopic (exact) mass is 399 g/mol. The van der Waals surface area contributed by atoms with Crippen molar-refractivity contribution in [2.75, 3.05) is 6.54 Å². The van der Waals surface area contributed by atoms with Crippen LogP contribution in [0.5, 0.6) is 0 Å². The molecular formula is C22H29N3O2S. The van der Waals surface area contributed by atoms with Crippen molar-refractivity contribution in [1.29, 1.82) is 0 Å². The van der Waals surface area contributed by atoms with Gasteiger partial charge >= 0.3 is 0 Å². The van der Waals surface area contributed by atoms with Gasteiger partial charge in [-0.05, 0) is 31.7 Å². The molecule has 3 rings (SSSR count). The Morgan fingerprint density at radius 2 is 1.82 bits per heavy atom. The van der Waals surface area contributed by atoms with E-state index in [1.54, 1.807) is 11.3 Å². The molecule has 1 aromatic heterocycles. The van der Waals surface area contributed by atoms with E-state index in [9.17, 15) is 9.59 Å². The van der Waals surface area contributed by atoms with Crippen molar-refractivity contribution in [3.05, 3.63) is 40.9 Å². The normalized spacial score (nSPS) is 15.8. The molecule has 1 aliphatic rings. The average molecular weight is 400 g/mol. The van der Waals surface area contributed by atoms with Crippen LogP contribution >= 0.6 is 11.3 Å². The van der Waals surface area contributed by atoms with Crippen molar-refractivity contribution in [3.8, 4) is 10.6 Å². The Kier molecular flexibility index (Phi) is 6.83. The molecule has 5 nitrogen and oxygen atoms in total. The van der Waals surface area contributed by atoms with Gasteiger partial charge in [-0.1, -0.05) is 50.5 Å². The second-order valence-corrected chi connectivity index (χ2v) is 8.28. The topological polar surface area (TPSA) is 71.1 Å². The Bertz CT molecular complexity index is 807. The minimum Gasteiger partial charge on any atom is -0.354 e. The van der Waals surface area contributed by atoms with Crippen molar-refractivity contribution in [3.63, 3.8) is 0 Å². The van der Waals surface area contributed by atoms with E-state index < -0.39 is 5.54 Å². The van der Waals surface area contributed by atoms with Crippen LogP contribution in [-0.4, -0.2) is 28.9 Å². The van der Waals surface area contributed by atoms with E-state index >= 15 is 0 Å². The van der Waals surface area contributed by atoms with Gasteiger partial charge < -0.3 is 10.6 Å². The fraction of sp³-hybridized carbons (Fsp3) is 0.500. The quantitative estimate of drug-likeness (QED) is 0.742. The molecule has 0 radical (unpaired) electrons. The number of nitrogens with one attached hydrogen (secondary N) is 2. The Morgan fingerprint density at radius 3 is 2.46 bits per heavy atom. The molecule has 0 atom stereocenters. The number of benzene rings is 1. The highest BCUT2D eigenvalue weighted by atomic mass is 32.1. The smallest absolute Gasteiger partial charge is 0.245 e. The zero-order valence-corrected chi connectivity index (χ0v) is 17.5. The van der Waals surface area contributed by atoms with Gasteiger partial charge in [-0.15, -0.1) is 11.3 Å². The second kappa shape index (κ2) is 9.32. The standard InChI is InChI=1S/C22H29N3O2S/c1-3-16-8-10-17(11-9-16)20-24-18(15-28-20)14-19(26)25-22(21(27)23-4-2)12-6-5-7-13-22/h8-11,15H,3-7,12-14H2,1-2H3,(H,23,27)(H,25,26). The van der Waals surface area contributed by atoms with Gasteiger partial charge in [0.1, 0.15) is 10.5 Å². The summed E-state index contributed by atoms with van der Waals surface area (Å²) in [7, 11) is 0. The van der Waals surface area contributed by atoms with Crippen LogP contribution in [0.3, 0.4) is 0 Å². The number of thiazole rings is 1. The number of aromatic nitrogens is 1. The van der Waals surface area contributed by atoms with Crippen LogP contribution in [-0.2, 0) is 22.4 Å². The molecule has 0 bridgehead atoms. The van der Waals surface area contributed by atoms with Gasteiger partial charge in [0.25, 0.3) is 0 Å². The van der Waals surface area contributed by atoms with Gasteiger partial charge in [0.2, 0.25) is 11.8 Å². The molecule has 150 valence electrons. The minimum absolute atomic E-state index is 0.0574. The summed E-state index contributed by atoms with van der Waals surface area (Å²) in [6, 6.07) is 8.38. The Balaban J connectivity index is 1.66. The van der Waals surface area contributed by atoms with E-state index in [2.05, 4.69) is 46.8 Å². The number of rotatable bonds is 7. The zero-order valence-electron chi connectivity index (χ0n) is 16.7.